The molecule has 2 aromatic rings. The van der Waals surface area contributed by atoms with Crippen molar-refractivity contribution in [1.82, 2.24) is 0 Å². The molecule has 1 saturated carbocycles. The summed E-state index contributed by atoms with van der Waals surface area (Å²) in [4.78, 5) is 0. The van der Waals surface area contributed by atoms with Gasteiger partial charge < -0.3 is 10.4 Å². The lowest BCUT2D eigenvalue weighted by Gasteiger charge is -2.08. The summed E-state index contributed by atoms with van der Waals surface area (Å²) in [6, 6.07) is 19.5. The summed E-state index contributed by atoms with van der Waals surface area (Å²) in [5.74, 6) is 0.514. The zero-order chi connectivity index (χ0) is 17.5. The third kappa shape index (κ3) is 5.45. The highest BCUT2D eigenvalue weighted by Crippen LogP contribution is 2.28. The van der Waals surface area contributed by atoms with Crippen LogP contribution < -0.4 is 0 Å². The molecule has 0 N–H and O–H groups in total. The van der Waals surface area contributed by atoms with Gasteiger partial charge in [-0.3, -0.25) is 0 Å². The van der Waals surface area contributed by atoms with Crippen LogP contribution in [0, 0.1) is 22.3 Å². The summed E-state index contributed by atoms with van der Waals surface area (Å²) in [7, 11) is 0. The lowest BCUT2D eigenvalue weighted by molar-refractivity contribution is -0.473. The van der Waals surface area contributed by atoms with Gasteiger partial charge in [0, 0.05) is 23.0 Å². The maximum Gasteiger partial charge on any atom is 0.178 e. The topological polar surface area (TPSA) is 52.1 Å². The minimum absolute atomic E-state index is 0.257. The molecule has 3 rings (SSSR count). The van der Waals surface area contributed by atoms with E-state index in [0.717, 1.165) is 39.9 Å². The Balaban J connectivity index is 1.52. The average molecular weight is 336 g/mol. The predicted octanol–water partition coefficient (Wildman–Crippen LogP) is 3.97. The van der Waals surface area contributed by atoms with Crippen LogP contribution in [0.4, 0.5) is 0 Å². The molecule has 4 heteroatoms. The van der Waals surface area contributed by atoms with E-state index in [0.29, 0.717) is 13.1 Å². The molecule has 0 heterocycles. The van der Waals surface area contributed by atoms with Crippen LogP contribution in [0.25, 0.3) is 0 Å². The highest BCUT2D eigenvalue weighted by atomic mass is 16.5. The zero-order valence-corrected chi connectivity index (χ0v) is 14.3. The van der Waals surface area contributed by atoms with E-state index in [-0.39, 0.29) is 11.8 Å². The van der Waals surface area contributed by atoms with Crippen molar-refractivity contribution in [2.75, 3.05) is 0 Å². The molecule has 0 bridgehead atoms. The number of benzene rings is 2. The van der Waals surface area contributed by atoms with Gasteiger partial charge in [0.25, 0.3) is 0 Å². The smallest absolute Gasteiger partial charge is 0.178 e. The Morgan fingerprint density at radius 1 is 0.720 bits per heavy atom. The molecule has 2 aromatic carbocycles. The minimum atomic E-state index is 0.257. The number of rotatable bonds is 6. The van der Waals surface area contributed by atoms with Gasteiger partial charge in [-0.1, -0.05) is 60.7 Å². The van der Waals surface area contributed by atoms with E-state index in [4.69, 9.17) is 0 Å². The van der Waals surface area contributed by atoms with E-state index < -0.39 is 0 Å². The van der Waals surface area contributed by atoms with Crippen LogP contribution in [0.1, 0.15) is 30.4 Å². The van der Waals surface area contributed by atoms with Crippen molar-refractivity contribution in [3.8, 4) is 0 Å². The molecule has 0 unspecified atom stereocenters. The maximum atomic E-state index is 12.1. The van der Waals surface area contributed by atoms with Crippen LogP contribution in [-0.4, -0.2) is 21.9 Å². The molecule has 1 aliphatic carbocycles. The van der Waals surface area contributed by atoms with E-state index >= 15 is 0 Å². The Morgan fingerprint density at radius 3 is 1.52 bits per heavy atom. The average Bonchev–Trinajstić information content (AvgIpc) is 3.03. The van der Waals surface area contributed by atoms with Crippen molar-refractivity contribution in [3.05, 3.63) is 82.2 Å². The largest absolute Gasteiger partial charge is 0.624 e. The van der Waals surface area contributed by atoms with Crippen LogP contribution >= 0.6 is 0 Å². The molecular formula is C21H24N2O2. The van der Waals surface area contributed by atoms with Gasteiger partial charge in [0.2, 0.25) is 0 Å². The summed E-state index contributed by atoms with van der Waals surface area (Å²) in [6.45, 7) is 0.765. The summed E-state index contributed by atoms with van der Waals surface area (Å²) in [5.41, 5.74) is 2.03. The van der Waals surface area contributed by atoms with Gasteiger partial charge in [0.1, 0.15) is 0 Å². The molecule has 130 valence electrons. The van der Waals surface area contributed by atoms with E-state index in [1.54, 1.807) is 12.4 Å². The number of hydrogen-bond acceptors (Lipinski definition) is 2. The predicted molar refractivity (Wildman–Crippen MR) is 101 cm³/mol. The normalized spacial score (nSPS) is 21.4. The molecule has 4 nitrogen and oxygen atoms in total. The molecule has 0 amide bonds. The van der Waals surface area contributed by atoms with Crippen LogP contribution in [0.5, 0.6) is 0 Å². The highest BCUT2D eigenvalue weighted by Gasteiger charge is 2.26. The van der Waals surface area contributed by atoms with Gasteiger partial charge in [0.15, 0.2) is 25.5 Å². The van der Waals surface area contributed by atoms with Crippen LogP contribution in [0.15, 0.2) is 60.7 Å². The third-order valence-electron chi connectivity index (χ3n) is 4.63. The first-order valence-corrected chi connectivity index (χ1v) is 8.84. The van der Waals surface area contributed by atoms with Crippen molar-refractivity contribution in [3.63, 3.8) is 0 Å². The van der Waals surface area contributed by atoms with Gasteiger partial charge in [0.05, 0.1) is 0 Å². The van der Waals surface area contributed by atoms with Gasteiger partial charge in [-0.25, -0.2) is 9.48 Å². The molecule has 0 spiro atoms. The molecule has 25 heavy (non-hydrogen) atoms. The molecule has 0 radical (unpaired) electrons. The van der Waals surface area contributed by atoms with Gasteiger partial charge in [-0.2, -0.15) is 0 Å². The van der Waals surface area contributed by atoms with Crippen molar-refractivity contribution in [1.29, 1.82) is 0 Å². The van der Waals surface area contributed by atoms with E-state index in [2.05, 4.69) is 0 Å². The first-order chi connectivity index (χ1) is 12.2. The van der Waals surface area contributed by atoms with Crippen molar-refractivity contribution < 1.29 is 9.48 Å². The first kappa shape index (κ1) is 17.2. The number of hydroxylamine groups is 2. The fourth-order valence-electron chi connectivity index (χ4n) is 3.43. The Bertz CT molecular complexity index is 663. The minimum Gasteiger partial charge on any atom is -0.624 e. The van der Waals surface area contributed by atoms with Crippen LogP contribution in [0.3, 0.4) is 0 Å². The van der Waals surface area contributed by atoms with E-state index in [1.807, 2.05) is 60.7 Å². The molecule has 0 aliphatic heterocycles. The second kappa shape index (κ2) is 8.47. The molecule has 2 atom stereocenters. The SMILES string of the molecule is [O-]/[N+](=C\[C@@H]1CC[C@H](/C=[N+](\[O-])Cc2ccccc2)C1)Cc1ccccc1. The van der Waals surface area contributed by atoms with Crippen LogP contribution in [-0.2, 0) is 13.1 Å². The summed E-state index contributed by atoms with van der Waals surface area (Å²) in [6.07, 6.45) is 6.38. The Hall–Kier alpha value is -2.62. The highest BCUT2D eigenvalue weighted by molar-refractivity contribution is 5.61. The maximum absolute atomic E-state index is 12.1. The standard InChI is InChI=1S/C21H24N2O2/c24-22(14-18-7-3-1-4-8-18)16-20-11-12-21(13-20)17-23(25)15-19-9-5-2-6-10-19/h1-10,16-17,20-21H,11-15H2/b22-16-,23-17-/t20-,21+. The molecule has 0 saturated heterocycles. The third-order valence-corrected chi connectivity index (χ3v) is 4.63. The Kier molecular flexibility index (Phi) is 5.83. The fourth-order valence-corrected chi connectivity index (χ4v) is 3.43. The number of nitrogens with zero attached hydrogens (tertiary/aromatic N) is 2. The summed E-state index contributed by atoms with van der Waals surface area (Å²) >= 11 is 0. The molecule has 0 aromatic heterocycles. The summed E-state index contributed by atoms with van der Waals surface area (Å²) < 4.78 is 2.06. The lowest BCUT2D eigenvalue weighted by atomic mass is 10.1. The van der Waals surface area contributed by atoms with E-state index in [1.165, 1.54) is 0 Å². The van der Waals surface area contributed by atoms with Crippen molar-refractivity contribution in [2.45, 2.75) is 32.4 Å². The Morgan fingerprint density at radius 2 is 1.12 bits per heavy atom. The second-order valence-corrected chi connectivity index (χ2v) is 6.75. The Labute approximate surface area is 148 Å². The van der Waals surface area contributed by atoms with Crippen molar-refractivity contribution >= 4 is 12.4 Å². The molecule has 1 aliphatic rings. The first-order valence-electron chi connectivity index (χ1n) is 8.84. The lowest BCUT2D eigenvalue weighted by Crippen LogP contribution is -2.13. The monoisotopic (exact) mass is 336 g/mol. The van der Waals surface area contributed by atoms with E-state index in [9.17, 15) is 10.4 Å². The fraction of sp³-hybridized carbons (Fsp3) is 0.333. The van der Waals surface area contributed by atoms with Gasteiger partial charge in [-0.15, -0.1) is 0 Å². The van der Waals surface area contributed by atoms with Crippen LogP contribution in [0.2, 0.25) is 0 Å². The zero-order valence-electron chi connectivity index (χ0n) is 14.3. The number of hydrogen-bond donors (Lipinski definition) is 0. The quantitative estimate of drug-likeness (QED) is 0.347. The molecular weight excluding hydrogens is 312 g/mol. The van der Waals surface area contributed by atoms with Gasteiger partial charge in [-0.05, 0) is 19.3 Å². The van der Waals surface area contributed by atoms with Gasteiger partial charge >= 0.3 is 0 Å². The van der Waals surface area contributed by atoms with Crippen molar-refractivity contribution in [2.24, 2.45) is 11.8 Å². The summed E-state index contributed by atoms with van der Waals surface area (Å²) in [5, 5.41) is 24.2. The second-order valence-electron chi connectivity index (χ2n) is 6.75. The molecule has 1 fully saturated rings.